The van der Waals surface area contributed by atoms with E-state index in [-0.39, 0.29) is 22.7 Å². The molecule has 2 aromatic carbocycles. The smallest absolute Gasteiger partial charge is 0.340 e. The highest BCUT2D eigenvalue weighted by molar-refractivity contribution is 6.02. The van der Waals surface area contributed by atoms with E-state index in [1.54, 1.807) is 31.2 Å². The minimum Gasteiger partial charge on any atom is -0.477 e. The molecule has 1 amide bonds. The molecule has 130 valence electrons. The van der Waals surface area contributed by atoms with E-state index in [9.17, 15) is 19.7 Å². The van der Waals surface area contributed by atoms with Gasteiger partial charge in [0.2, 0.25) is 0 Å². The molecule has 2 rings (SSSR count). The van der Waals surface area contributed by atoms with Gasteiger partial charge in [-0.15, -0.1) is 0 Å². The number of nitro benzene ring substituents is 1. The fraction of sp³-hybridized carbons (Fsp3) is 0.176. The quantitative estimate of drug-likeness (QED) is 0.490. The summed E-state index contributed by atoms with van der Waals surface area (Å²) in [4.78, 5) is 34.3. The number of methoxy groups -OCH3 is 1. The lowest BCUT2D eigenvalue weighted by Crippen LogP contribution is -2.22. The molecule has 0 atom stereocenters. The van der Waals surface area contributed by atoms with Crippen LogP contribution in [0.4, 0.5) is 11.4 Å². The molecule has 0 fully saturated rings. The lowest BCUT2D eigenvalue weighted by molar-refractivity contribution is -0.385. The van der Waals surface area contributed by atoms with Gasteiger partial charge in [-0.1, -0.05) is 24.3 Å². The summed E-state index contributed by atoms with van der Waals surface area (Å²) in [5.41, 5.74) is 0.928. The van der Waals surface area contributed by atoms with Gasteiger partial charge in [-0.25, -0.2) is 4.79 Å². The van der Waals surface area contributed by atoms with Gasteiger partial charge in [0.1, 0.15) is 0 Å². The molecule has 0 bridgehead atoms. The molecule has 2 aromatic rings. The van der Waals surface area contributed by atoms with E-state index in [0.29, 0.717) is 5.56 Å². The molecule has 0 radical (unpaired) electrons. The average Bonchev–Trinajstić information content (AvgIpc) is 2.59. The van der Waals surface area contributed by atoms with Gasteiger partial charge in [0.15, 0.2) is 12.4 Å². The lowest BCUT2D eigenvalue weighted by atomic mass is 10.1. The third-order valence-electron chi connectivity index (χ3n) is 3.36. The van der Waals surface area contributed by atoms with Crippen molar-refractivity contribution < 1.29 is 24.0 Å². The van der Waals surface area contributed by atoms with E-state index < -0.39 is 23.4 Å². The van der Waals surface area contributed by atoms with Crippen LogP contribution in [0.5, 0.6) is 5.75 Å². The van der Waals surface area contributed by atoms with Gasteiger partial charge in [-0.05, 0) is 24.6 Å². The molecule has 25 heavy (non-hydrogen) atoms. The maximum Gasteiger partial charge on any atom is 0.340 e. The van der Waals surface area contributed by atoms with Crippen LogP contribution in [0.25, 0.3) is 0 Å². The fourth-order valence-corrected chi connectivity index (χ4v) is 2.20. The van der Waals surface area contributed by atoms with E-state index >= 15 is 0 Å². The molecule has 0 heterocycles. The molecule has 0 saturated carbocycles. The zero-order chi connectivity index (χ0) is 18.4. The predicted molar refractivity (Wildman–Crippen MR) is 89.7 cm³/mol. The molecule has 0 aliphatic rings. The number of hydrogen-bond donors (Lipinski definition) is 1. The molecule has 1 N–H and O–H groups in total. The number of benzene rings is 2. The van der Waals surface area contributed by atoms with Crippen LogP contribution in [0.3, 0.4) is 0 Å². The highest BCUT2D eigenvalue weighted by atomic mass is 16.6. The monoisotopic (exact) mass is 344 g/mol. The molecule has 0 saturated heterocycles. The maximum absolute atomic E-state index is 12.1. The minimum atomic E-state index is -0.594. The second-order valence-electron chi connectivity index (χ2n) is 5.05. The van der Waals surface area contributed by atoms with Gasteiger partial charge in [0, 0.05) is 6.07 Å². The van der Waals surface area contributed by atoms with Crippen LogP contribution in [0.1, 0.15) is 15.9 Å². The van der Waals surface area contributed by atoms with Crippen molar-refractivity contribution in [3.8, 4) is 5.75 Å². The van der Waals surface area contributed by atoms with Gasteiger partial charge >= 0.3 is 11.7 Å². The van der Waals surface area contributed by atoms with E-state index in [2.05, 4.69) is 5.32 Å². The average molecular weight is 344 g/mol. The normalized spacial score (nSPS) is 10.0. The number of nitro groups is 1. The van der Waals surface area contributed by atoms with Crippen molar-refractivity contribution in [2.24, 2.45) is 0 Å². The first-order chi connectivity index (χ1) is 11.9. The number of carbonyl (C=O) groups excluding carboxylic acids is 2. The Bertz CT molecular complexity index is 819. The first-order valence-electron chi connectivity index (χ1n) is 7.28. The molecule has 8 nitrogen and oxygen atoms in total. The SMILES string of the molecule is COC(=O)c1c(C)cccc1NC(=O)COc1ccccc1[N+](=O)[O-]. The van der Waals surface area contributed by atoms with Gasteiger partial charge in [-0.3, -0.25) is 14.9 Å². The van der Waals surface area contributed by atoms with Crippen LogP contribution in [-0.2, 0) is 9.53 Å². The predicted octanol–water partition coefficient (Wildman–Crippen LogP) is 2.71. The largest absolute Gasteiger partial charge is 0.477 e. The number of nitrogens with zero attached hydrogens (tertiary/aromatic N) is 1. The zero-order valence-corrected chi connectivity index (χ0v) is 13.6. The van der Waals surface area contributed by atoms with Crippen LogP contribution < -0.4 is 10.1 Å². The third-order valence-corrected chi connectivity index (χ3v) is 3.36. The van der Waals surface area contributed by atoms with Gasteiger partial charge in [0.25, 0.3) is 5.91 Å². The van der Waals surface area contributed by atoms with Crippen LogP contribution in [0, 0.1) is 17.0 Å². The number of rotatable bonds is 6. The number of anilines is 1. The van der Waals surface area contributed by atoms with E-state index in [1.807, 2.05) is 0 Å². The lowest BCUT2D eigenvalue weighted by Gasteiger charge is -2.12. The van der Waals surface area contributed by atoms with E-state index in [4.69, 9.17) is 9.47 Å². The number of nitrogens with one attached hydrogen (secondary N) is 1. The molecule has 0 aliphatic heterocycles. The number of carbonyl (C=O) groups is 2. The van der Waals surface area contributed by atoms with E-state index in [1.165, 1.54) is 25.3 Å². The van der Waals surface area contributed by atoms with Crippen LogP contribution >= 0.6 is 0 Å². The fourth-order valence-electron chi connectivity index (χ4n) is 2.20. The molecule has 8 heteroatoms. The van der Waals surface area contributed by atoms with Gasteiger partial charge in [-0.2, -0.15) is 0 Å². The summed E-state index contributed by atoms with van der Waals surface area (Å²) < 4.78 is 9.93. The van der Waals surface area contributed by atoms with Gasteiger partial charge in [0.05, 0.1) is 23.3 Å². The molecular weight excluding hydrogens is 328 g/mol. The van der Waals surface area contributed by atoms with Crippen molar-refractivity contribution in [2.45, 2.75) is 6.92 Å². The molecule has 0 aromatic heterocycles. The minimum absolute atomic E-state index is 0.0138. The highest BCUT2D eigenvalue weighted by Gasteiger charge is 2.18. The van der Waals surface area contributed by atoms with Crippen LogP contribution in [-0.4, -0.2) is 30.5 Å². The number of amides is 1. The number of para-hydroxylation sites is 2. The molecule has 0 spiro atoms. The summed E-state index contributed by atoms with van der Waals surface area (Å²) in [6, 6.07) is 10.7. The molecule has 0 aliphatic carbocycles. The van der Waals surface area contributed by atoms with E-state index in [0.717, 1.165) is 0 Å². The number of aryl methyl sites for hydroxylation is 1. The Balaban J connectivity index is 2.11. The van der Waals surface area contributed by atoms with Crippen molar-refractivity contribution in [2.75, 3.05) is 19.0 Å². The first-order valence-corrected chi connectivity index (χ1v) is 7.28. The number of hydrogen-bond acceptors (Lipinski definition) is 6. The Morgan fingerprint density at radius 3 is 2.56 bits per heavy atom. The molecule has 0 unspecified atom stereocenters. The topological polar surface area (TPSA) is 108 Å². The second-order valence-corrected chi connectivity index (χ2v) is 5.05. The summed E-state index contributed by atoms with van der Waals surface area (Å²) in [5.74, 6) is -1.15. The van der Waals surface area contributed by atoms with Gasteiger partial charge < -0.3 is 14.8 Å². The van der Waals surface area contributed by atoms with Crippen molar-refractivity contribution in [3.05, 3.63) is 63.7 Å². The number of ether oxygens (including phenoxy) is 2. The second kappa shape index (κ2) is 7.91. The van der Waals surface area contributed by atoms with Crippen molar-refractivity contribution in [1.29, 1.82) is 0 Å². The Morgan fingerprint density at radius 1 is 1.16 bits per heavy atom. The summed E-state index contributed by atoms with van der Waals surface area (Å²) >= 11 is 0. The van der Waals surface area contributed by atoms with Crippen molar-refractivity contribution >= 4 is 23.3 Å². The van der Waals surface area contributed by atoms with Crippen LogP contribution in [0.2, 0.25) is 0 Å². The zero-order valence-electron chi connectivity index (χ0n) is 13.6. The van der Waals surface area contributed by atoms with Crippen LogP contribution in [0.15, 0.2) is 42.5 Å². The highest BCUT2D eigenvalue weighted by Crippen LogP contribution is 2.26. The third kappa shape index (κ3) is 4.31. The summed E-state index contributed by atoms with van der Waals surface area (Å²) in [6.45, 7) is 1.27. The van der Waals surface area contributed by atoms with Crippen molar-refractivity contribution in [3.63, 3.8) is 0 Å². The maximum atomic E-state index is 12.1. The summed E-state index contributed by atoms with van der Waals surface area (Å²) in [6.07, 6.45) is 0. The Kier molecular flexibility index (Phi) is 5.67. The first kappa shape index (κ1) is 17.9. The Morgan fingerprint density at radius 2 is 1.88 bits per heavy atom. The standard InChI is InChI=1S/C17H16N2O6/c1-11-6-5-7-12(16(11)17(21)24-2)18-15(20)10-25-14-9-4-3-8-13(14)19(22)23/h3-9H,10H2,1-2H3,(H,18,20). The van der Waals surface area contributed by atoms with Crippen molar-refractivity contribution in [1.82, 2.24) is 0 Å². The summed E-state index contributed by atoms with van der Waals surface area (Å²) in [5, 5.41) is 13.5. The Hall–Kier alpha value is -3.42. The number of esters is 1. The Labute approximate surface area is 143 Å². The molecular formula is C17H16N2O6. The summed E-state index contributed by atoms with van der Waals surface area (Å²) in [7, 11) is 1.25.